The molecular formula is C14H22N4O. The molecule has 3 rings (SSSR count). The Morgan fingerprint density at radius 3 is 2.89 bits per heavy atom. The fraction of sp³-hybridized carbons (Fsp3) is 0.714. The average molecular weight is 262 g/mol. The largest absolute Gasteiger partial charge is 0.341 e. The lowest BCUT2D eigenvalue weighted by Gasteiger charge is -2.34. The number of hydrogen-bond acceptors (Lipinski definition) is 3. The second-order valence-corrected chi connectivity index (χ2v) is 5.51. The third kappa shape index (κ3) is 2.27. The van der Waals surface area contributed by atoms with Gasteiger partial charge in [0.25, 0.3) is 5.91 Å². The lowest BCUT2D eigenvalue weighted by atomic mass is 10.0. The van der Waals surface area contributed by atoms with Crippen LogP contribution in [0.15, 0.2) is 12.5 Å². The molecule has 0 radical (unpaired) electrons. The fourth-order valence-electron chi connectivity index (χ4n) is 3.65. The minimum absolute atomic E-state index is 0.114. The van der Waals surface area contributed by atoms with Gasteiger partial charge in [-0.1, -0.05) is 6.92 Å². The van der Waals surface area contributed by atoms with E-state index in [1.54, 1.807) is 12.5 Å². The summed E-state index contributed by atoms with van der Waals surface area (Å²) in [5.41, 5.74) is 0.618. The van der Waals surface area contributed by atoms with Crippen LogP contribution in [0, 0.1) is 0 Å². The first-order valence-electron chi connectivity index (χ1n) is 7.34. The zero-order valence-corrected chi connectivity index (χ0v) is 11.5. The highest BCUT2D eigenvalue weighted by Crippen LogP contribution is 2.30. The van der Waals surface area contributed by atoms with Gasteiger partial charge in [0, 0.05) is 18.6 Å². The van der Waals surface area contributed by atoms with Crippen LogP contribution in [0.4, 0.5) is 0 Å². The lowest BCUT2D eigenvalue weighted by Crippen LogP contribution is -2.48. The minimum atomic E-state index is 0.114. The maximum atomic E-state index is 12.5. The number of amides is 1. The van der Waals surface area contributed by atoms with Gasteiger partial charge in [0.15, 0.2) is 0 Å². The van der Waals surface area contributed by atoms with Crippen molar-refractivity contribution in [1.29, 1.82) is 0 Å². The van der Waals surface area contributed by atoms with Crippen molar-refractivity contribution in [1.82, 2.24) is 19.8 Å². The van der Waals surface area contributed by atoms with Crippen LogP contribution in [0.25, 0.3) is 0 Å². The van der Waals surface area contributed by atoms with Crippen LogP contribution in [0.2, 0.25) is 0 Å². The van der Waals surface area contributed by atoms with E-state index in [2.05, 4.69) is 26.7 Å². The van der Waals surface area contributed by atoms with Crippen molar-refractivity contribution in [2.45, 2.75) is 44.7 Å². The number of aromatic nitrogens is 2. The summed E-state index contributed by atoms with van der Waals surface area (Å²) in [6, 6.07) is 0.942. The normalized spacial score (nSPS) is 28.2. The number of likely N-dealkylation sites (tertiary alicyclic amines) is 2. The lowest BCUT2D eigenvalue weighted by molar-refractivity contribution is 0.0644. The van der Waals surface area contributed by atoms with Crippen molar-refractivity contribution in [2.75, 3.05) is 19.6 Å². The van der Waals surface area contributed by atoms with Crippen molar-refractivity contribution >= 4 is 5.91 Å². The Morgan fingerprint density at radius 2 is 2.16 bits per heavy atom. The topological polar surface area (TPSA) is 52.2 Å². The Balaban J connectivity index is 1.76. The number of carbonyl (C=O) groups excluding carboxylic acids is 1. The number of aromatic amines is 1. The molecule has 1 aromatic heterocycles. The Bertz CT molecular complexity index is 431. The number of nitrogens with one attached hydrogen (secondary N) is 1. The Labute approximate surface area is 114 Å². The van der Waals surface area contributed by atoms with Gasteiger partial charge in [-0.2, -0.15) is 0 Å². The van der Waals surface area contributed by atoms with E-state index in [1.165, 1.54) is 19.4 Å². The second kappa shape index (κ2) is 5.33. The first-order chi connectivity index (χ1) is 9.31. The number of imidazole rings is 1. The van der Waals surface area contributed by atoms with Crippen molar-refractivity contribution < 1.29 is 4.79 Å². The summed E-state index contributed by atoms with van der Waals surface area (Å²) in [6.45, 7) is 5.38. The summed E-state index contributed by atoms with van der Waals surface area (Å²) in [5, 5.41) is 0. The second-order valence-electron chi connectivity index (χ2n) is 5.51. The molecule has 0 saturated carbocycles. The fourth-order valence-corrected chi connectivity index (χ4v) is 3.65. The molecule has 0 spiro atoms. The molecule has 2 aliphatic rings. The van der Waals surface area contributed by atoms with E-state index < -0.39 is 0 Å². The van der Waals surface area contributed by atoms with Crippen LogP contribution >= 0.6 is 0 Å². The summed E-state index contributed by atoms with van der Waals surface area (Å²) in [5.74, 6) is 0.114. The van der Waals surface area contributed by atoms with Crippen LogP contribution in [0.1, 0.15) is 43.1 Å². The van der Waals surface area contributed by atoms with Gasteiger partial charge in [-0.3, -0.25) is 9.69 Å². The van der Waals surface area contributed by atoms with Crippen LogP contribution in [-0.2, 0) is 0 Å². The third-order valence-electron chi connectivity index (χ3n) is 4.55. The predicted octanol–water partition coefficient (Wildman–Crippen LogP) is 1.50. The highest BCUT2D eigenvalue weighted by Gasteiger charge is 2.39. The molecule has 1 N–H and O–H groups in total. The van der Waals surface area contributed by atoms with E-state index in [1.807, 2.05) is 0 Å². The summed E-state index contributed by atoms with van der Waals surface area (Å²) in [7, 11) is 0. The van der Waals surface area contributed by atoms with Gasteiger partial charge in [0.1, 0.15) is 5.69 Å². The zero-order valence-electron chi connectivity index (χ0n) is 11.5. The number of likely N-dealkylation sites (N-methyl/N-ethyl adjacent to an activating group) is 1. The maximum absolute atomic E-state index is 12.5. The Kier molecular flexibility index (Phi) is 3.55. The summed E-state index contributed by atoms with van der Waals surface area (Å²) in [6.07, 6.45) is 7.96. The van der Waals surface area contributed by atoms with Gasteiger partial charge in [0.05, 0.1) is 12.5 Å². The molecule has 2 saturated heterocycles. The van der Waals surface area contributed by atoms with E-state index >= 15 is 0 Å². The summed E-state index contributed by atoms with van der Waals surface area (Å²) in [4.78, 5) is 24.0. The van der Waals surface area contributed by atoms with Crippen molar-refractivity contribution in [3.05, 3.63) is 18.2 Å². The van der Waals surface area contributed by atoms with E-state index in [9.17, 15) is 4.79 Å². The van der Waals surface area contributed by atoms with E-state index in [-0.39, 0.29) is 5.91 Å². The molecule has 5 nitrogen and oxygen atoms in total. The molecule has 1 aromatic rings. The summed E-state index contributed by atoms with van der Waals surface area (Å²) >= 11 is 0. The highest BCUT2D eigenvalue weighted by atomic mass is 16.2. The third-order valence-corrected chi connectivity index (χ3v) is 4.55. The molecule has 3 heterocycles. The van der Waals surface area contributed by atoms with Crippen LogP contribution in [0.3, 0.4) is 0 Å². The molecule has 0 aliphatic carbocycles. The zero-order chi connectivity index (χ0) is 13.2. The first kappa shape index (κ1) is 12.7. The predicted molar refractivity (Wildman–Crippen MR) is 72.9 cm³/mol. The number of nitrogens with zero attached hydrogens (tertiary/aromatic N) is 3. The van der Waals surface area contributed by atoms with Crippen molar-refractivity contribution in [3.63, 3.8) is 0 Å². The van der Waals surface area contributed by atoms with Gasteiger partial charge in [-0.05, 0) is 38.8 Å². The number of carbonyl (C=O) groups is 1. The monoisotopic (exact) mass is 262 g/mol. The number of H-pyrrole nitrogens is 1. The van der Waals surface area contributed by atoms with Crippen LogP contribution < -0.4 is 0 Å². The van der Waals surface area contributed by atoms with E-state index in [0.29, 0.717) is 17.8 Å². The average Bonchev–Trinajstić information content (AvgIpc) is 3.16. The molecular weight excluding hydrogens is 240 g/mol. The van der Waals surface area contributed by atoms with E-state index in [4.69, 9.17) is 0 Å². The number of hydrogen-bond donors (Lipinski definition) is 1. The number of rotatable bonds is 3. The molecule has 0 bridgehead atoms. The first-order valence-corrected chi connectivity index (χ1v) is 7.34. The minimum Gasteiger partial charge on any atom is -0.341 e. The summed E-state index contributed by atoms with van der Waals surface area (Å²) < 4.78 is 0. The van der Waals surface area contributed by atoms with E-state index in [0.717, 1.165) is 25.9 Å². The molecule has 1 amide bonds. The Hall–Kier alpha value is -1.36. The molecule has 0 aromatic carbocycles. The molecule has 2 fully saturated rings. The van der Waals surface area contributed by atoms with Crippen molar-refractivity contribution in [2.24, 2.45) is 0 Å². The molecule has 2 atom stereocenters. The van der Waals surface area contributed by atoms with Crippen LogP contribution in [-0.4, -0.2) is 57.4 Å². The van der Waals surface area contributed by atoms with Gasteiger partial charge in [-0.15, -0.1) is 0 Å². The van der Waals surface area contributed by atoms with Crippen molar-refractivity contribution in [3.8, 4) is 0 Å². The standard InChI is InChI=1S/C14H22N4O/c1-2-17-7-3-5-12(17)13-6-4-8-18(13)14(19)11-9-15-10-16-11/h9-10,12-13H,2-8H2,1H3,(H,15,16)/t12-,13+/m1/s1. The highest BCUT2D eigenvalue weighted by molar-refractivity contribution is 5.92. The quantitative estimate of drug-likeness (QED) is 0.898. The van der Waals surface area contributed by atoms with Crippen LogP contribution in [0.5, 0.6) is 0 Å². The smallest absolute Gasteiger partial charge is 0.272 e. The Morgan fingerprint density at radius 1 is 1.37 bits per heavy atom. The van der Waals surface area contributed by atoms with Gasteiger partial charge in [0.2, 0.25) is 0 Å². The molecule has 104 valence electrons. The van der Waals surface area contributed by atoms with Gasteiger partial charge >= 0.3 is 0 Å². The molecule has 19 heavy (non-hydrogen) atoms. The maximum Gasteiger partial charge on any atom is 0.272 e. The molecule has 0 unspecified atom stereocenters. The molecule has 5 heteroatoms. The van der Waals surface area contributed by atoms with Gasteiger partial charge in [-0.25, -0.2) is 4.98 Å². The van der Waals surface area contributed by atoms with Gasteiger partial charge < -0.3 is 9.88 Å². The SMILES string of the molecule is CCN1CCC[C@@H]1[C@@H]1CCCN1C(=O)c1cnc[nH]1. The molecule has 2 aliphatic heterocycles.